The van der Waals surface area contributed by atoms with E-state index in [1.54, 1.807) is 0 Å². The molecule has 106 valence electrons. The number of hydrogen-bond donors (Lipinski definition) is 1. The van der Waals surface area contributed by atoms with Gasteiger partial charge in [0, 0.05) is 5.92 Å². The predicted octanol–water partition coefficient (Wildman–Crippen LogP) is 5.27. The molecule has 0 bridgehead atoms. The molecule has 0 unspecified atom stereocenters. The lowest BCUT2D eigenvalue weighted by Crippen LogP contribution is -2.10. The van der Waals surface area contributed by atoms with Crippen LogP contribution in [0.25, 0.3) is 0 Å². The van der Waals surface area contributed by atoms with Gasteiger partial charge in [-0.1, -0.05) is 81.9 Å². The largest absolute Gasteiger partial charge is 0.388 e. The van der Waals surface area contributed by atoms with Crippen LogP contribution in [0.5, 0.6) is 0 Å². The molecule has 2 atom stereocenters. The third-order valence-corrected chi connectivity index (χ3v) is 3.74. The van der Waals surface area contributed by atoms with Crippen LogP contribution in [0.2, 0.25) is 0 Å². The molecular weight excluding hydrogens is 232 g/mol. The van der Waals surface area contributed by atoms with Crippen LogP contribution in [0.1, 0.15) is 63.5 Å². The zero-order chi connectivity index (χ0) is 13.9. The van der Waals surface area contributed by atoms with Crippen LogP contribution in [-0.2, 0) is 0 Å². The highest BCUT2D eigenvalue weighted by molar-refractivity contribution is 5.19. The highest BCUT2D eigenvalue weighted by Gasteiger charge is 2.16. The molecule has 0 aliphatic heterocycles. The van der Waals surface area contributed by atoms with Crippen LogP contribution in [0.3, 0.4) is 0 Å². The minimum Gasteiger partial charge on any atom is -0.388 e. The Balaban J connectivity index is 2.31. The van der Waals surface area contributed by atoms with Gasteiger partial charge in [0.15, 0.2) is 0 Å². The fourth-order valence-corrected chi connectivity index (χ4v) is 2.46. The zero-order valence-corrected chi connectivity index (χ0v) is 12.2. The van der Waals surface area contributed by atoms with Gasteiger partial charge in [0.25, 0.3) is 0 Å². The summed E-state index contributed by atoms with van der Waals surface area (Å²) in [5, 5.41) is 10.3. The Hall–Kier alpha value is -1.08. The Labute approximate surface area is 118 Å². The molecule has 1 heteroatoms. The van der Waals surface area contributed by atoms with Gasteiger partial charge in [-0.2, -0.15) is 0 Å². The molecule has 0 spiro atoms. The first-order chi connectivity index (χ1) is 9.29. The fraction of sp³-hybridized carbons (Fsp3) is 0.556. The van der Waals surface area contributed by atoms with E-state index in [1.165, 1.54) is 38.5 Å². The molecule has 0 fully saturated rings. The summed E-state index contributed by atoms with van der Waals surface area (Å²) in [6, 6.07) is 9.91. The number of aliphatic hydroxyl groups is 1. The van der Waals surface area contributed by atoms with Crippen molar-refractivity contribution in [3.8, 4) is 0 Å². The highest BCUT2D eigenvalue weighted by atomic mass is 16.3. The average Bonchev–Trinajstić information content (AvgIpc) is 2.47. The quantitative estimate of drug-likeness (QED) is 0.448. The van der Waals surface area contributed by atoms with E-state index in [2.05, 4.69) is 13.5 Å². The van der Waals surface area contributed by atoms with E-state index in [1.807, 2.05) is 36.4 Å². The topological polar surface area (TPSA) is 20.2 Å². The maximum absolute atomic E-state index is 10.3. The standard InChI is InChI=1S/C18H28O/c1-3-5-6-7-8-10-13-16(4-2)18(19)17-14-11-9-12-15-17/h4,9,11-12,14-16,18-19H,2-3,5-8,10,13H2,1H3/t16-,18+/m1/s1. The molecule has 1 nitrogen and oxygen atoms in total. The van der Waals surface area contributed by atoms with Crippen LogP contribution in [-0.4, -0.2) is 5.11 Å². The second-order valence-electron chi connectivity index (χ2n) is 5.31. The number of hydrogen-bond acceptors (Lipinski definition) is 1. The third-order valence-electron chi connectivity index (χ3n) is 3.74. The molecule has 0 amide bonds. The summed E-state index contributed by atoms with van der Waals surface area (Å²) in [6.07, 6.45) is 10.3. The normalized spacial score (nSPS) is 14.0. The maximum Gasteiger partial charge on any atom is 0.0852 e. The molecule has 1 aromatic carbocycles. The monoisotopic (exact) mass is 260 g/mol. The molecule has 0 aliphatic rings. The first kappa shape index (κ1) is 16.0. The number of benzene rings is 1. The second-order valence-corrected chi connectivity index (χ2v) is 5.31. The summed E-state index contributed by atoms with van der Waals surface area (Å²) in [5.41, 5.74) is 0.999. The lowest BCUT2D eigenvalue weighted by Gasteiger charge is -2.20. The Kier molecular flexibility index (Phi) is 8.24. The Morgan fingerprint density at radius 3 is 2.32 bits per heavy atom. The molecule has 0 radical (unpaired) electrons. The maximum atomic E-state index is 10.3. The molecule has 0 saturated carbocycles. The van der Waals surface area contributed by atoms with Gasteiger partial charge >= 0.3 is 0 Å². The van der Waals surface area contributed by atoms with Crippen LogP contribution in [0, 0.1) is 5.92 Å². The van der Waals surface area contributed by atoms with Crippen LogP contribution >= 0.6 is 0 Å². The van der Waals surface area contributed by atoms with Crippen molar-refractivity contribution in [3.63, 3.8) is 0 Å². The zero-order valence-electron chi connectivity index (χ0n) is 12.2. The molecule has 1 aromatic rings. The lowest BCUT2D eigenvalue weighted by atomic mass is 9.91. The van der Waals surface area contributed by atoms with Crippen LogP contribution in [0.4, 0.5) is 0 Å². The Bertz CT molecular complexity index is 331. The summed E-state index contributed by atoms with van der Waals surface area (Å²) in [6.45, 7) is 6.12. The van der Waals surface area contributed by atoms with Crippen molar-refractivity contribution in [1.29, 1.82) is 0 Å². The van der Waals surface area contributed by atoms with E-state index >= 15 is 0 Å². The minimum atomic E-state index is -0.408. The van der Waals surface area contributed by atoms with E-state index < -0.39 is 6.10 Å². The van der Waals surface area contributed by atoms with Crippen molar-refractivity contribution in [2.75, 3.05) is 0 Å². The first-order valence-electron chi connectivity index (χ1n) is 7.65. The summed E-state index contributed by atoms with van der Waals surface area (Å²) in [5.74, 6) is 0.175. The molecule has 0 aromatic heterocycles. The smallest absolute Gasteiger partial charge is 0.0852 e. The Morgan fingerprint density at radius 1 is 1.05 bits per heavy atom. The number of aliphatic hydroxyl groups excluding tert-OH is 1. The van der Waals surface area contributed by atoms with E-state index in [9.17, 15) is 5.11 Å². The SMILES string of the molecule is C=C[C@H](CCCCCCCC)[C@H](O)c1ccccc1. The first-order valence-corrected chi connectivity index (χ1v) is 7.65. The van der Waals surface area contributed by atoms with Crippen molar-refractivity contribution in [3.05, 3.63) is 48.6 Å². The van der Waals surface area contributed by atoms with Gasteiger partial charge in [0.1, 0.15) is 0 Å². The van der Waals surface area contributed by atoms with Crippen LogP contribution < -0.4 is 0 Å². The molecular formula is C18H28O. The highest BCUT2D eigenvalue weighted by Crippen LogP contribution is 2.27. The van der Waals surface area contributed by atoms with Gasteiger partial charge in [0.2, 0.25) is 0 Å². The van der Waals surface area contributed by atoms with Crippen molar-refractivity contribution < 1.29 is 5.11 Å². The third kappa shape index (κ3) is 6.07. The van der Waals surface area contributed by atoms with Gasteiger partial charge < -0.3 is 5.11 Å². The molecule has 0 heterocycles. The van der Waals surface area contributed by atoms with Gasteiger partial charge in [-0.15, -0.1) is 6.58 Å². The predicted molar refractivity (Wildman–Crippen MR) is 83.1 cm³/mol. The fourth-order valence-electron chi connectivity index (χ4n) is 2.46. The molecule has 19 heavy (non-hydrogen) atoms. The molecule has 1 rings (SSSR count). The molecule has 0 saturated heterocycles. The van der Waals surface area contributed by atoms with E-state index in [0.29, 0.717) is 0 Å². The number of rotatable bonds is 10. The van der Waals surface area contributed by atoms with Gasteiger partial charge in [0.05, 0.1) is 6.10 Å². The summed E-state index contributed by atoms with van der Waals surface area (Å²) in [4.78, 5) is 0. The summed E-state index contributed by atoms with van der Waals surface area (Å²) in [7, 11) is 0. The van der Waals surface area contributed by atoms with Crippen molar-refractivity contribution in [2.24, 2.45) is 5.92 Å². The van der Waals surface area contributed by atoms with Gasteiger partial charge in [-0.05, 0) is 12.0 Å². The van der Waals surface area contributed by atoms with E-state index in [0.717, 1.165) is 12.0 Å². The van der Waals surface area contributed by atoms with Crippen molar-refractivity contribution in [1.82, 2.24) is 0 Å². The number of unbranched alkanes of at least 4 members (excludes halogenated alkanes) is 5. The van der Waals surface area contributed by atoms with E-state index in [4.69, 9.17) is 0 Å². The molecule has 0 aliphatic carbocycles. The summed E-state index contributed by atoms with van der Waals surface area (Å²) >= 11 is 0. The average molecular weight is 260 g/mol. The second kappa shape index (κ2) is 9.80. The minimum absolute atomic E-state index is 0.175. The lowest BCUT2D eigenvalue weighted by molar-refractivity contribution is 0.125. The van der Waals surface area contributed by atoms with Crippen molar-refractivity contribution >= 4 is 0 Å². The molecule has 1 N–H and O–H groups in total. The van der Waals surface area contributed by atoms with Gasteiger partial charge in [-0.25, -0.2) is 0 Å². The summed E-state index contributed by atoms with van der Waals surface area (Å²) < 4.78 is 0. The Morgan fingerprint density at radius 2 is 1.68 bits per heavy atom. The van der Waals surface area contributed by atoms with Crippen molar-refractivity contribution in [2.45, 2.75) is 58.0 Å². The van der Waals surface area contributed by atoms with Gasteiger partial charge in [-0.3, -0.25) is 0 Å². The van der Waals surface area contributed by atoms with E-state index in [-0.39, 0.29) is 5.92 Å². The van der Waals surface area contributed by atoms with Crippen LogP contribution in [0.15, 0.2) is 43.0 Å².